The first-order valence-corrected chi connectivity index (χ1v) is 15.0. The molecule has 1 aromatic rings. The highest BCUT2D eigenvalue weighted by Crippen LogP contribution is 2.67. The minimum Gasteiger partial charge on any atom is -0.226 e. The van der Waals surface area contributed by atoms with Crippen molar-refractivity contribution in [2.24, 2.45) is 52.3 Å². The molecule has 3 saturated carbocycles. The van der Waals surface area contributed by atoms with E-state index in [2.05, 4.69) is 61.7 Å². The summed E-state index contributed by atoms with van der Waals surface area (Å²) >= 11 is 6.73. The maximum Gasteiger partial charge on any atom is 0.151 e. The summed E-state index contributed by atoms with van der Waals surface area (Å²) in [6.45, 7) is 15.1. The van der Waals surface area contributed by atoms with E-state index in [-0.39, 0.29) is 10.8 Å². The number of hydrogen-bond acceptors (Lipinski definition) is 3. The minimum atomic E-state index is 0.259. The summed E-state index contributed by atoms with van der Waals surface area (Å²) in [5, 5.41) is 13.5. The number of halogens is 1. The predicted molar refractivity (Wildman–Crippen MR) is 140 cm³/mol. The minimum absolute atomic E-state index is 0.259. The number of nitrogens with zero attached hydrogens (tertiary/aromatic N) is 4. The zero-order chi connectivity index (χ0) is 24.3. The topological polar surface area (TPSA) is 43.6 Å². The van der Waals surface area contributed by atoms with Crippen molar-refractivity contribution in [2.45, 2.75) is 124 Å². The quantitative estimate of drug-likeness (QED) is 0.385. The molecule has 10 unspecified atom stereocenters. The van der Waals surface area contributed by atoms with E-state index in [0.717, 1.165) is 66.5 Å². The van der Waals surface area contributed by atoms with Gasteiger partial charge >= 0.3 is 0 Å². The molecule has 3 aliphatic carbocycles. The summed E-state index contributed by atoms with van der Waals surface area (Å²) in [5.41, 5.74) is 0.756. The molecular weight excluding hydrogens is 440 g/mol. The van der Waals surface area contributed by atoms with Crippen molar-refractivity contribution in [3.8, 4) is 0 Å². The molecule has 3 fully saturated rings. The Kier molecular flexibility index (Phi) is 6.88. The summed E-state index contributed by atoms with van der Waals surface area (Å²) in [5.74, 6) is 6.86. The Morgan fingerprint density at radius 1 is 1.00 bits per heavy atom. The molecule has 0 aromatic carbocycles. The molecule has 2 heterocycles. The van der Waals surface area contributed by atoms with Gasteiger partial charge in [-0.25, -0.2) is 4.68 Å². The molecule has 0 bridgehead atoms. The van der Waals surface area contributed by atoms with Crippen LogP contribution in [0.4, 0.5) is 0 Å². The number of rotatable bonds is 6. The third-order valence-electron chi connectivity index (χ3n) is 12.0. The largest absolute Gasteiger partial charge is 0.226 e. The molecule has 0 radical (unpaired) electrons. The van der Waals surface area contributed by atoms with E-state index < -0.39 is 0 Å². The second-order valence-corrected chi connectivity index (χ2v) is 14.3. The van der Waals surface area contributed by atoms with Gasteiger partial charge in [-0.2, -0.15) is 0 Å². The van der Waals surface area contributed by atoms with Gasteiger partial charge in [0.25, 0.3) is 0 Å². The highest BCUT2D eigenvalue weighted by Gasteiger charge is 2.61. The first kappa shape index (κ1) is 25.0. The number of aromatic nitrogens is 4. The van der Waals surface area contributed by atoms with E-state index in [1.165, 1.54) is 51.4 Å². The van der Waals surface area contributed by atoms with Crippen LogP contribution in [0.2, 0.25) is 0 Å². The Morgan fingerprint density at radius 2 is 1.74 bits per heavy atom. The van der Waals surface area contributed by atoms with E-state index in [1.54, 1.807) is 0 Å². The Balaban J connectivity index is 1.39. The van der Waals surface area contributed by atoms with Crippen LogP contribution in [0, 0.1) is 52.3 Å². The highest BCUT2D eigenvalue weighted by molar-refractivity contribution is 6.20. The lowest BCUT2D eigenvalue weighted by molar-refractivity contribution is -0.0708. The average Bonchev–Trinajstić information content (AvgIpc) is 3.37. The van der Waals surface area contributed by atoms with Gasteiger partial charge in [0, 0.05) is 11.8 Å². The molecule has 0 amide bonds. The molecular formula is C29H49ClN4. The average molecular weight is 489 g/mol. The van der Waals surface area contributed by atoms with Crippen LogP contribution < -0.4 is 0 Å². The Labute approximate surface area is 213 Å². The predicted octanol–water partition coefficient (Wildman–Crippen LogP) is 7.73. The van der Waals surface area contributed by atoms with Crippen molar-refractivity contribution in [2.75, 3.05) is 0 Å². The van der Waals surface area contributed by atoms with E-state index in [4.69, 9.17) is 11.6 Å². The van der Waals surface area contributed by atoms with Crippen LogP contribution in [0.15, 0.2) is 0 Å². The van der Waals surface area contributed by atoms with Crippen molar-refractivity contribution in [3.63, 3.8) is 0 Å². The van der Waals surface area contributed by atoms with Crippen LogP contribution in [0.3, 0.4) is 0 Å². The van der Waals surface area contributed by atoms with Gasteiger partial charge in [-0.05, 0) is 114 Å². The van der Waals surface area contributed by atoms with E-state index in [1.807, 2.05) is 0 Å². The van der Waals surface area contributed by atoms with Crippen molar-refractivity contribution < 1.29 is 0 Å². The third-order valence-corrected chi connectivity index (χ3v) is 12.4. The van der Waals surface area contributed by atoms with Crippen molar-refractivity contribution in [3.05, 3.63) is 5.82 Å². The molecule has 5 heteroatoms. The Bertz CT molecular complexity index is 853. The van der Waals surface area contributed by atoms with Crippen LogP contribution >= 0.6 is 11.6 Å². The van der Waals surface area contributed by atoms with Crippen LogP contribution in [-0.4, -0.2) is 25.6 Å². The van der Waals surface area contributed by atoms with E-state index >= 15 is 0 Å². The van der Waals surface area contributed by atoms with Gasteiger partial charge < -0.3 is 0 Å². The van der Waals surface area contributed by atoms with Crippen LogP contribution in [0.5, 0.6) is 0 Å². The first-order valence-electron chi connectivity index (χ1n) is 14.6. The van der Waals surface area contributed by atoms with Gasteiger partial charge in [-0.3, -0.25) is 0 Å². The fraction of sp³-hybridized carbons (Fsp3) is 0.966. The zero-order valence-electron chi connectivity index (χ0n) is 22.6. The van der Waals surface area contributed by atoms with Gasteiger partial charge in [-0.15, -0.1) is 16.7 Å². The lowest BCUT2D eigenvalue weighted by atomic mass is 9.49. The lowest BCUT2D eigenvalue weighted by Crippen LogP contribution is -2.50. The van der Waals surface area contributed by atoms with Gasteiger partial charge in [-0.1, -0.05) is 54.4 Å². The fourth-order valence-corrected chi connectivity index (χ4v) is 10.2. The molecule has 192 valence electrons. The lowest BCUT2D eigenvalue weighted by Gasteiger charge is -2.56. The number of alkyl halides is 1. The molecule has 4 aliphatic rings. The third kappa shape index (κ3) is 3.97. The molecule has 0 N–H and O–H groups in total. The van der Waals surface area contributed by atoms with Crippen LogP contribution in [-0.2, 0) is 6.42 Å². The van der Waals surface area contributed by atoms with Crippen LogP contribution in [0.1, 0.15) is 118 Å². The second-order valence-electron chi connectivity index (χ2n) is 13.7. The number of fused-ring (bicyclic) bond motifs is 7. The molecule has 0 spiro atoms. The monoisotopic (exact) mass is 488 g/mol. The number of tetrazole rings is 1. The normalized spacial score (nSPS) is 43.4. The summed E-state index contributed by atoms with van der Waals surface area (Å²) < 4.78 is 2.22. The van der Waals surface area contributed by atoms with E-state index in [9.17, 15) is 0 Å². The molecule has 1 aromatic heterocycles. The van der Waals surface area contributed by atoms with Crippen LogP contribution in [0.25, 0.3) is 0 Å². The molecule has 5 rings (SSSR count). The summed E-state index contributed by atoms with van der Waals surface area (Å²) in [4.78, 5) is 0. The Hall–Kier alpha value is -0.640. The van der Waals surface area contributed by atoms with E-state index in [0.29, 0.717) is 11.5 Å². The summed E-state index contributed by atoms with van der Waals surface area (Å²) in [6, 6.07) is 0.367. The molecule has 0 saturated heterocycles. The summed E-state index contributed by atoms with van der Waals surface area (Å²) in [6.07, 6.45) is 14.2. The smallest absolute Gasteiger partial charge is 0.151 e. The second kappa shape index (κ2) is 9.34. The zero-order valence-corrected chi connectivity index (χ0v) is 23.4. The first-order chi connectivity index (χ1) is 16.2. The SMILES string of the molecule is CCC(CCC(C)C1CCC2C3Cc4nnnn4C4CC(Cl)CCC4(C)C3CCC12C)C(C)C. The summed E-state index contributed by atoms with van der Waals surface area (Å²) in [7, 11) is 0. The number of hydrogen-bond donors (Lipinski definition) is 0. The van der Waals surface area contributed by atoms with Gasteiger partial charge in [0.2, 0.25) is 0 Å². The van der Waals surface area contributed by atoms with Gasteiger partial charge in [0.1, 0.15) is 0 Å². The maximum atomic E-state index is 6.73. The van der Waals surface area contributed by atoms with Crippen molar-refractivity contribution >= 4 is 11.6 Å². The van der Waals surface area contributed by atoms with Crippen molar-refractivity contribution in [1.82, 2.24) is 20.2 Å². The van der Waals surface area contributed by atoms with Crippen molar-refractivity contribution in [1.29, 1.82) is 0 Å². The van der Waals surface area contributed by atoms with Gasteiger partial charge in [0.05, 0.1) is 6.04 Å². The Morgan fingerprint density at radius 3 is 2.47 bits per heavy atom. The molecule has 34 heavy (non-hydrogen) atoms. The highest BCUT2D eigenvalue weighted by atomic mass is 35.5. The maximum absolute atomic E-state index is 6.73. The molecule has 4 nitrogen and oxygen atoms in total. The molecule has 10 atom stereocenters. The fourth-order valence-electron chi connectivity index (χ4n) is 9.93. The molecule has 1 aliphatic heterocycles. The van der Waals surface area contributed by atoms with Gasteiger partial charge in [0.15, 0.2) is 5.82 Å². The standard InChI is InChI=1S/C29H49ClN4/c1-7-20(18(2)3)9-8-19(4)23-10-11-24-22-17-27-31-32-33-34(27)26-16-21(30)12-14-29(26,6)25(22)13-15-28(23,24)5/h18-26H,7-17H2,1-6H3.